The molecule has 0 bridgehead atoms. The third-order valence-electron chi connectivity index (χ3n) is 3.39. The Morgan fingerprint density at radius 1 is 1.28 bits per heavy atom. The first-order valence-electron chi connectivity index (χ1n) is 5.52. The SMILES string of the molecule is COc1cc(C2CC(C(F)(F)F)C2)c(F)cc1N. The molecule has 0 unspecified atom stereocenters. The van der Waals surface area contributed by atoms with Gasteiger partial charge < -0.3 is 10.5 Å². The van der Waals surface area contributed by atoms with Gasteiger partial charge in [0.15, 0.2) is 0 Å². The molecule has 0 aliphatic heterocycles. The Bertz CT molecular complexity index is 452. The maximum atomic E-state index is 13.6. The van der Waals surface area contributed by atoms with Crippen molar-refractivity contribution in [3.05, 3.63) is 23.5 Å². The van der Waals surface area contributed by atoms with Crippen molar-refractivity contribution in [2.24, 2.45) is 5.92 Å². The van der Waals surface area contributed by atoms with Crippen molar-refractivity contribution in [3.63, 3.8) is 0 Å². The molecule has 0 aromatic heterocycles. The zero-order valence-electron chi connectivity index (χ0n) is 9.72. The van der Waals surface area contributed by atoms with Gasteiger partial charge in [0, 0.05) is 6.07 Å². The molecule has 1 aliphatic carbocycles. The largest absolute Gasteiger partial charge is 0.495 e. The number of nitrogens with two attached hydrogens (primary N) is 1. The molecule has 6 heteroatoms. The molecule has 0 atom stereocenters. The average Bonchev–Trinajstić information content (AvgIpc) is 2.17. The van der Waals surface area contributed by atoms with Gasteiger partial charge in [0.2, 0.25) is 0 Å². The van der Waals surface area contributed by atoms with Gasteiger partial charge >= 0.3 is 6.18 Å². The zero-order chi connectivity index (χ0) is 13.5. The van der Waals surface area contributed by atoms with E-state index in [4.69, 9.17) is 10.5 Å². The summed E-state index contributed by atoms with van der Waals surface area (Å²) in [5.41, 5.74) is 5.91. The molecule has 1 saturated carbocycles. The van der Waals surface area contributed by atoms with E-state index in [0.717, 1.165) is 6.07 Å². The number of methoxy groups -OCH3 is 1. The Hall–Kier alpha value is -1.46. The molecule has 2 nitrogen and oxygen atoms in total. The van der Waals surface area contributed by atoms with Gasteiger partial charge in [-0.2, -0.15) is 13.2 Å². The fraction of sp³-hybridized carbons (Fsp3) is 0.500. The Morgan fingerprint density at radius 2 is 1.89 bits per heavy atom. The maximum Gasteiger partial charge on any atom is 0.391 e. The monoisotopic (exact) mass is 263 g/mol. The molecular weight excluding hydrogens is 250 g/mol. The Kier molecular flexibility index (Phi) is 3.12. The summed E-state index contributed by atoms with van der Waals surface area (Å²) in [5.74, 6) is -2.02. The van der Waals surface area contributed by atoms with Gasteiger partial charge in [0.25, 0.3) is 0 Å². The van der Waals surface area contributed by atoms with Crippen molar-refractivity contribution in [2.45, 2.75) is 24.9 Å². The number of anilines is 1. The van der Waals surface area contributed by atoms with E-state index in [9.17, 15) is 17.6 Å². The zero-order valence-corrected chi connectivity index (χ0v) is 9.72. The standard InChI is InChI=1S/C12H13F4NO/c1-18-11-4-8(9(13)5-10(11)17)6-2-7(3-6)12(14,15)16/h4-7H,2-3,17H2,1H3. The highest BCUT2D eigenvalue weighted by molar-refractivity contribution is 5.55. The van der Waals surface area contributed by atoms with E-state index >= 15 is 0 Å². The smallest absolute Gasteiger partial charge is 0.391 e. The van der Waals surface area contributed by atoms with Crippen molar-refractivity contribution >= 4 is 5.69 Å². The number of nitrogen functional groups attached to an aromatic ring is 1. The molecular formula is C12H13F4NO. The van der Waals surface area contributed by atoms with E-state index in [0.29, 0.717) is 5.75 Å². The number of hydrogen-bond donors (Lipinski definition) is 1. The van der Waals surface area contributed by atoms with Crippen molar-refractivity contribution < 1.29 is 22.3 Å². The minimum Gasteiger partial charge on any atom is -0.495 e. The highest BCUT2D eigenvalue weighted by Gasteiger charge is 2.48. The minimum absolute atomic E-state index is 0.0759. The van der Waals surface area contributed by atoms with Crippen LogP contribution < -0.4 is 10.5 Å². The van der Waals surface area contributed by atoms with Crippen LogP contribution in [0.1, 0.15) is 24.3 Å². The first-order valence-corrected chi connectivity index (χ1v) is 5.52. The summed E-state index contributed by atoms with van der Waals surface area (Å²) in [6.45, 7) is 0. The lowest BCUT2D eigenvalue weighted by Crippen LogP contribution is -2.34. The molecule has 1 fully saturated rings. The first-order chi connectivity index (χ1) is 8.32. The number of alkyl halides is 3. The second-order valence-corrected chi connectivity index (χ2v) is 4.52. The lowest BCUT2D eigenvalue weighted by atomic mass is 9.71. The molecule has 2 rings (SSSR count). The third kappa shape index (κ3) is 2.23. The van der Waals surface area contributed by atoms with Crippen LogP contribution in [0.15, 0.2) is 12.1 Å². The Morgan fingerprint density at radius 3 is 2.39 bits per heavy atom. The number of ether oxygens (including phenoxy) is 1. The Balaban J connectivity index is 2.17. The van der Waals surface area contributed by atoms with Gasteiger partial charge in [0.05, 0.1) is 18.7 Å². The van der Waals surface area contributed by atoms with E-state index in [-0.39, 0.29) is 24.1 Å². The van der Waals surface area contributed by atoms with E-state index < -0.39 is 23.8 Å². The van der Waals surface area contributed by atoms with Crippen LogP contribution in [0.3, 0.4) is 0 Å². The molecule has 100 valence electrons. The van der Waals surface area contributed by atoms with Crippen molar-refractivity contribution in [1.29, 1.82) is 0 Å². The van der Waals surface area contributed by atoms with Gasteiger partial charge in [-0.3, -0.25) is 0 Å². The quantitative estimate of drug-likeness (QED) is 0.655. The van der Waals surface area contributed by atoms with E-state index in [2.05, 4.69) is 0 Å². The maximum absolute atomic E-state index is 13.6. The summed E-state index contributed by atoms with van der Waals surface area (Å²) < 4.78 is 55.7. The predicted octanol–water partition coefficient (Wildman–Crippen LogP) is 3.47. The van der Waals surface area contributed by atoms with Crippen LogP contribution in [-0.2, 0) is 0 Å². The van der Waals surface area contributed by atoms with Crippen LogP contribution in [0.25, 0.3) is 0 Å². The molecule has 0 spiro atoms. The van der Waals surface area contributed by atoms with E-state index in [1.54, 1.807) is 0 Å². The molecule has 1 aromatic rings. The summed E-state index contributed by atoms with van der Waals surface area (Å²) >= 11 is 0. The van der Waals surface area contributed by atoms with Gasteiger partial charge in [-0.25, -0.2) is 4.39 Å². The highest BCUT2D eigenvalue weighted by atomic mass is 19.4. The third-order valence-corrected chi connectivity index (χ3v) is 3.39. The fourth-order valence-corrected chi connectivity index (χ4v) is 2.21. The molecule has 0 amide bonds. The summed E-state index contributed by atoms with van der Waals surface area (Å²) in [6.07, 6.45) is -4.34. The second kappa shape index (κ2) is 4.33. The van der Waals surface area contributed by atoms with Crippen LogP contribution >= 0.6 is 0 Å². The van der Waals surface area contributed by atoms with Crippen molar-refractivity contribution in [1.82, 2.24) is 0 Å². The van der Waals surface area contributed by atoms with Gasteiger partial charge in [-0.1, -0.05) is 0 Å². The van der Waals surface area contributed by atoms with Crippen LogP contribution in [0, 0.1) is 11.7 Å². The molecule has 1 aromatic carbocycles. The van der Waals surface area contributed by atoms with Gasteiger partial charge in [0.1, 0.15) is 11.6 Å². The normalized spacial score (nSPS) is 23.6. The topological polar surface area (TPSA) is 35.2 Å². The highest BCUT2D eigenvalue weighted by Crippen LogP contribution is 2.50. The summed E-state index contributed by atoms with van der Waals surface area (Å²) in [5, 5.41) is 0. The Labute approximate surface area is 102 Å². The molecule has 2 N–H and O–H groups in total. The molecule has 0 radical (unpaired) electrons. The fourth-order valence-electron chi connectivity index (χ4n) is 2.21. The number of halogens is 4. The van der Waals surface area contributed by atoms with E-state index in [1.165, 1.54) is 13.2 Å². The molecule has 18 heavy (non-hydrogen) atoms. The second-order valence-electron chi connectivity index (χ2n) is 4.52. The summed E-state index contributed by atoms with van der Waals surface area (Å²) in [7, 11) is 1.38. The van der Waals surface area contributed by atoms with Gasteiger partial charge in [-0.05, 0) is 30.4 Å². The minimum atomic E-state index is -4.19. The van der Waals surface area contributed by atoms with Crippen molar-refractivity contribution in [3.8, 4) is 5.75 Å². The number of rotatable bonds is 2. The molecule has 1 aliphatic rings. The van der Waals surface area contributed by atoms with Crippen molar-refractivity contribution in [2.75, 3.05) is 12.8 Å². The van der Waals surface area contributed by atoms with Crippen LogP contribution in [0.4, 0.5) is 23.2 Å². The average molecular weight is 263 g/mol. The van der Waals surface area contributed by atoms with Gasteiger partial charge in [-0.15, -0.1) is 0 Å². The number of hydrogen-bond acceptors (Lipinski definition) is 2. The lowest BCUT2D eigenvalue weighted by Gasteiger charge is -2.37. The molecule has 0 saturated heterocycles. The van der Waals surface area contributed by atoms with Crippen LogP contribution in [-0.4, -0.2) is 13.3 Å². The number of benzene rings is 1. The van der Waals surface area contributed by atoms with E-state index in [1.807, 2.05) is 0 Å². The van der Waals surface area contributed by atoms with Crippen LogP contribution in [0.2, 0.25) is 0 Å². The lowest BCUT2D eigenvalue weighted by molar-refractivity contribution is -0.197. The first kappa shape index (κ1) is 13.0. The molecule has 0 heterocycles. The summed E-state index contributed by atoms with van der Waals surface area (Å²) in [6, 6.07) is 2.48. The predicted molar refractivity (Wildman–Crippen MR) is 58.9 cm³/mol. The summed E-state index contributed by atoms with van der Waals surface area (Å²) in [4.78, 5) is 0. The van der Waals surface area contributed by atoms with Crippen LogP contribution in [0.5, 0.6) is 5.75 Å².